The first-order valence-corrected chi connectivity index (χ1v) is 9.58. The van der Waals surface area contributed by atoms with Crippen LogP contribution in [0.15, 0.2) is 47.5 Å². The molecule has 1 fully saturated rings. The Balaban J connectivity index is 0.00000341. The SMILES string of the molecule is CN=C(NCc1ccc(F)cc1)NCc1ccc(N2CCOCC2)cc1C(F)(F)F.I. The summed E-state index contributed by atoms with van der Waals surface area (Å²) in [5.74, 6) is 0.0196. The van der Waals surface area contributed by atoms with E-state index in [0.717, 1.165) is 5.56 Å². The van der Waals surface area contributed by atoms with Gasteiger partial charge in [0.25, 0.3) is 0 Å². The van der Waals surface area contributed by atoms with Crippen LogP contribution >= 0.6 is 24.0 Å². The summed E-state index contributed by atoms with van der Waals surface area (Å²) in [4.78, 5) is 5.92. The van der Waals surface area contributed by atoms with Crippen LogP contribution in [-0.4, -0.2) is 39.3 Å². The Morgan fingerprint density at radius 1 is 1.03 bits per heavy atom. The molecule has 0 spiro atoms. The normalized spacial score (nSPS) is 14.7. The highest BCUT2D eigenvalue weighted by atomic mass is 127. The number of nitrogens with zero attached hydrogens (tertiary/aromatic N) is 2. The molecule has 2 aromatic rings. The Hall–Kier alpha value is -2.08. The summed E-state index contributed by atoms with van der Waals surface area (Å²) in [5, 5.41) is 5.92. The maximum atomic E-state index is 13.7. The first kappa shape index (κ1) is 25.2. The maximum Gasteiger partial charge on any atom is 0.416 e. The molecule has 1 aliphatic rings. The van der Waals surface area contributed by atoms with Gasteiger partial charge in [-0.1, -0.05) is 18.2 Å². The predicted octanol–water partition coefficient (Wildman–Crippen LogP) is 4.16. The Kier molecular flexibility index (Phi) is 9.35. The molecule has 0 bridgehead atoms. The van der Waals surface area contributed by atoms with E-state index >= 15 is 0 Å². The van der Waals surface area contributed by atoms with Crippen LogP contribution in [0.2, 0.25) is 0 Å². The third-order valence-electron chi connectivity index (χ3n) is 4.82. The lowest BCUT2D eigenvalue weighted by molar-refractivity contribution is -0.138. The monoisotopic (exact) mass is 552 g/mol. The van der Waals surface area contributed by atoms with Gasteiger partial charge in [0.2, 0.25) is 0 Å². The Labute approximate surface area is 195 Å². The van der Waals surface area contributed by atoms with Crippen molar-refractivity contribution in [2.75, 3.05) is 38.3 Å². The van der Waals surface area contributed by atoms with Crippen LogP contribution in [0.1, 0.15) is 16.7 Å². The van der Waals surface area contributed by atoms with Crippen LogP contribution in [0.5, 0.6) is 0 Å². The van der Waals surface area contributed by atoms with E-state index in [0.29, 0.717) is 44.5 Å². The smallest absolute Gasteiger partial charge is 0.378 e. The summed E-state index contributed by atoms with van der Waals surface area (Å²) in [6.45, 7) is 2.45. The van der Waals surface area contributed by atoms with Crippen molar-refractivity contribution in [2.45, 2.75) is 19.3 Å². The van der Waals surface area contributed by atoms with E-state index in [9.17, 15) is 17.6 Å². The lowest BCUT2D eigenvalue weighted by Crippen LogP contribution is -2.37. The summed E-state index contributed by atoms with van der Waals surface area (Å²) in [6.07, 6.45) is -4.47. The summed E-state index contributed by atoms with van der Waals surface area (Å²) in [5.41, 5.74) is 0.815. The van der Waals surface area contributed by atoms with Crippen molar-refractivity contribution in [3.8, 4) is 0 Å². The summed E-state index contributed by atoms with van der Waals surface area (Å²) < 4.78 is 59.2. The third kappa shape index (κ3) is 7.23. The van der Waals surface area contributed by atoms with Crippen molar-refractivity contribution in [1.82, 2.24) is 10.6 Å². The number of nitrogens with one attached hydrogen (secondary N) is 2. The second-order valence-electron chi connectivity index (χ2n) is 6.84. The number of alkyl halides is 3. The molecule has 1 aliphatic heterocycles. The molecule has 0 amide bonds. The molecule has 0 unspecified atom stereocenters. The molecule has 31 heavy (non-hydrogen) atoms. The van der Waals surface area contributed by atoms with Crippen molar-refractivity contribution in [3.05, 3.63) is 65.0 Å². The number of halogens is 5. The molecule has 2 N–H and O–H groups in total. The minimum Gasteiger partial charge on any atom is -0.378 e. The van der Waals surface area contributed by atoms with Gasteiger partial charge in [-0.05, 0) is 35.4 Å². The average molecular weight is 552 g/mol. The zero-order chi connectivity index (χ0) is 21.6. The van der Waals surface area contributed by atoms with Gasteiger partial charge >= 0.3 is 6.18 Å². The molecule has 1 heterocycles. The number of benzene rings is 2. The van der Waals surface area contributed by atoms with Gasteiger partial charge in [-0.2, -0.15) is 13.2 Å². The molecule has 1 saturated heterocycles. The number of ether oxygens (including phenoxy) is 1. The van der Waals surface area contributed by atoms with E-state index in [-0.39, 0.29) is 41.9 Å². The standard InChI is InChI=1S/C21H24F4N4O.HI/c1-26-20(27-13-15-2-5-17(22)6-3-15)28-14-16-4-7-18(12-19(16)21(23,24)25)29-8-10-30-11-9-29;/h2-7,12H,8-11,13-14H2,1H3,(H2,26,27,28);1H. The van der Waals surface area contributed by atoms with Gasteiger partial charge in [0, 0.05) is 38.9 Å². The van der Waals surface area contributed by atoms with Crippen molar-refractivity contribution in [2.24, 2.45) is 4.99 Å². The Morgan fingerprint density at radius 2 is 1.68 bits per heavy atom. The zero-order valence-corrected chi connectivity index (χ0v) is 19.3. The number of aliphatic imine (C=N–C) groups is 1. The maximum absolute atomic E-state index is 13.7. The van der Waals surface area contributed by atoms with Crippen LogP contribution in [0, 0.1) is 5.82 Å². The van der Waals surface area contributed by atoms with E-state index in [4.69, 9.17) is 4.74 Å². The number of rotatable bonds is 5. The molecule has 0 aliphatic carbocycles. The van der Waals surface area contributed by atoms with Crippen LogP contribution in [0.4, 0.5) is 23.2 Å². The number of hydrogen-bond acceptors (Lipinski definition) is 3. The summed E-state index contributed by atoms with van der Waals surface area (Å²) in [7, 11) is 1.53. The molecule has 10 heteroatoms. The lowest BCUT2D eigenvalue weighted by atomic mass is 10.0. The van der Waals surface area contributed by atoms with Crippen LogP contribution < -0.4 is 15.5 Å². The second-order valence-corrected chi connectivity index (χ2v) is 6.84. The topological polar surface area (TPSA) is 48.9 Å². The fraction of sp³-hybridized carbons (Fsp3) is 0.381. The van der Waals surface area contributed by atoms with E-state index in [2.05, 4.69) is 15.6 Å². The lowest BCUT2D eigenvalue weighted by Gasteiger charge is -2.29. The summed E-state index contributed by atoms with van der Waals surface area (Å²) >= 11 is 0. The van der Waals surface area contributed by atoms with Gasteiger partial charge in [-0.15, -0.1) is 24.0 Å². The van der Waals surface area contributed by atoms with Crippen molar-refractivity contribution in [3.63, 3.8) is 0 Å². The van der Waals surface area contributed by atoms with E-state index in [1.54, 1.807) is 18.2 Å². The molecule has 0 aromatic heterocycles. The van der Waals surface area contributed by atoms with Gasteiger partial charge in [-0.3, -0.25) is 4.99 Å². The Morgan fingerprint density at radius 3 is 2.29 bits per heavy atom. The Bertz CT molecular complexity index is 869. The van der Waals surface area contributed by atoms with Crippen LogP contribution in [-0.2, 0) is 24.0 Å². The van der Waals surface area contributed by atoms with Gasteiger partial charge < -0.3 is 20.3 Å². The van der Waals surface area contributed by atoms with Crippen LogP contribution in [0.25, 0.3) is 0 Å². The quantitative estimate of drug-likeness (QED) is 0.253. The molecule has 0 radical (unpaired) electrons. The zero-order valence-electron chi connectivity index (χ0n) is 17.0. The fourth-order valence-corrected chi connectivity index (χ4v) is 3.19. The van der Waals surface area contributed by atoms with Crippen molar-refractivity contribution < 1.29 is 22.3 Å². The first-order chi connectivity index (χ1) is 14.4. The molecular formula is C21H25F4IN4O. The second kappa shape index (κ2) is 11.5. The fourth-order valence-electron chi connectivity index (χ4n) is 3.19. The van der Waals surface area contributed by atoms with Crippen LogP contribution in [0.3, 0.4) is 0 Å². The number of anilines is 1. The van der Waals surface area contributed by atoms with E-state index < -0.39 is 11.7 Å². The highest BCUT2D eigenvalue weighted by Gasteiger charge is 2.34. The predicted molar refractivity (Wildman–Crippen MR) is 123 cm³/mol. The van der Waals surface area contributed by atoms with E-state index in [1.807, 2.05) is 4.90 Å². The molecule has 5 nitrogen and oxygen atoms in total. The molecule has 0 saturated carbocycles. The number of guanidine groups is 1. The van der Waals surface area contributed by atoms with Crippen molar-refractivity contribution in [1.29, 1.82) is 0 Å². The number of morpholine rings is 1. The molecule has 3 rings (SSSR count). The van der Waals surface area contributed by atoms with E-state index in [1.165, 1.54) is 31.3 Å². The third-order valence-corrected chi connectivity index (χ3v) is 4.82. The minimum absolute atomic E-state index is 0. The largest absolute Gasteiger partial charge is 0.416 e. The van der Waals surface area contributed by atoms with Gasteiger partial charge in [0.05, 0.1) is 18.8 Å². The number of hydrogen-bond donors (Lipinski definition) is 2. The first-order valence-electron chi connectivity index (χ1n) is 9.58. The molecular weight excluding hydrogens is 527 g/mol. The summed E-state index contributed by atoms with van der Waals surface area (Å²) in [6, 6.07) is 10.3. The molecule has 0 atom stereocenters. The highest BCUT2D eigenvalue weighted by molar-refractivity contribution is 14.0. The van der Waals surface area contributed by atoms with Gasteiger partial charge in [0.1, 0.15) is 5.82 Å². The van der Waals surface area contributed by atoms with Crippen molar-refractivity contribution >= 4 is 35.6 Å². The van der Waals surface area contributed by atoms with Gasteiger partial charge in [0.15, 0.2) is 5.96 Å². The molecule has 2 aromatic carbocycles. The molecule has 170 valence electrons. The average Bonchev–Trinajstić information content (AvgIpc) is 2.75. The minimum atomic E-state index is -4.47. The van der Waals surface area contributed by atoms with Gasteiger partial charge in [-0.25, -0.2) is 4.39 Å². The highest BCUT2D eigenvalue weighted by Crippen LogP contribution is 2.35.